The van der Waals surface area contributed by atoms with Crippen molar-refractivity contribution >= 4 is 15.9 Å². The van der Waals surface area contributed by atoms with Crippen LogP contribution in [0.3, 0.4) is 0 Å². The molecule has 2 aliphatic heterocycles. The molecule has 1 aromatic carbocycles. The van der Waals surface area contributed by atoms with Crippen LogP contribution in [0.2, 0.25) is 0 Å². The zero-order valence-electron chi connectivity index (χ0n) is 16.9. The summed E-state index contributed by atoms with van der Waals surface area (Å²) in [6.45, 7) is 6.68. The summed E-state index contributed by atoms with van der Waals surface area (Å²) in [5.41, 5.74) is 0. The van der Waals surface area contributed by atoms with Crippen LogP contribution in [0, 0.1) is 11.8 Å². The van der Waals surface area contributed by atoms with Crippen LogP contribution in [0.15, 0.2) is 35.2 Å². The SMILES string of the molecule is CC(C)[C@H](NS(=O)(=O)c1ccccc1)C(=O)NC[C@H]1CCCN2CCCC[C@H]12. The van der Waals surface area contributed by atoms with Gasteiger partial charge in [-0.2, -0.15) is 4.72 Å². The smallest absolute Gasteiger partial charge is 0.241 e. The van der Waals surface area contributed by atoms with E-state index in [9.17, 15) is 13.2 Å². The van der Waals surface area contributed by atoms with E-state index in [2.05, 4.69) is 14.9 Å². The lowest BCUT2D eigenvalue weighted by atomic mass is 9.83. The molecule has 0 aromatic heterocycles. The normalized spacial score (nSPS) is 24.5. The van der Waals surface area contributed by atoms with Gasteiger partial charge in [0, 0.05) is 12.6 Å². The number of rotatable bonds is 7. The molecule has 2 N–H and O–H groups in total. The Morgan fingerprint density at radius 2 is 1.82 bits per heavy atom. The molecule has 0 unspecified atom stereocenters. The molecule has 1 aromatic rings. The van der Waals surface area contributed by atoms with E-state index in [1.807, 2.05) is 13.8 Å². The summed E-state index contributed by atoms with van der Waals surface area (Å²) in [5, 5.41) is 3.05. The maximum atomic E-state index is 12.8. The lowest BCUT2D eigenvalue weighted by molar-refractivity contribution is -0.124. The molecule has 0 bridgehead atoms. The van der Waals surface area contributed by atoms with Crippen molar-refractivity contribution in [2.75, 3.05) is 19.6 Å². The zero-order valence-corrected chi connectivity index (χ0v) is 17.7. The Bertz CT molecular complexity index is 749. The predicted octanol–water partition coefficient (Wildman–Crippen LogP) is 2.37. The molecule has 3 rings (SSSR count). The number of fused-ring (bicyclic) bond motifs is 1. The monoisotopic (exact) mass is 407 g/mol. The fourth-order valence-electron chi connectivity index (χ4n) is 4.48. The first-order chi connectivity index (χ1) is 13.4. The number of hydrogen-bond donors (Lipinski definition) is 2. The van der Waals surface area contributed by atoms with Crippen molar-refractivity contribution in [2.24, 2.45) is 11.8 Å². The Morgan fingerprint density at radius 3 is 2.54 bits per heavy atom. The summed E-state index contributed by atoms with van der Waals surface area (Å²) in [6.07, 6.45) is 6.03. The molecule has 28 heavy (non-hydrogen) atoms. The predicted molar refractivity (Wildman–Crippen MR) is 110 cm³/mol. The summed E-state index contributed by atoms with van der Waals surface area (Å²) in [4.78, 5) is 15.6. The minimum Gasteiger partial charge on any atom is -0.354 e. The Morgan fingerprint density at radius 1 is 1.11 bits per heavy atom. The number of carbonyl (C=O) groups excluding carboxylic acids is 1. The van der Waals surface area contributed by atoms with Crippen LogP contribution in [-0.4, -0.2) is 50.9 Å². The standard InChI is InChI=1S/C21H33N3O3S/c1-16(2)20(23-28(26,27)18-10-4-3-5-11-18)21(25)22-15-17-9-8-14-24-13-7-6-12-19(17)24/h3-5,10-11,16-17,19-20,23H,6-9,12-15H2,1-2H3,(H,22,25)/t17-,19-,20+/m1/s1. The summed E-state index contributed by atoms with van der Waals surface area (Å²) in [6, 6.07) is 7.98. The minimum absolute atomic E-state index is 0.143. The molecule has 0 spiro atoms. The molecular weight excluding hydrogens is 374 g/mol. The van der Waals surface area contributed by atoms with Gasteiger partial charge in [0.25, 0.3) is 0 Å². The van der Waals surface area contributed by atoms with E-state index < -0.39 is 16.1 Å². The highest BCUT2D eigenvalue weighted by Crippen LogP contribution is 2.30. The molecule has 0 radical (unpaired) electrons. The molecule has 7 heteroatoms. The van der Waals surface area contributed by atoms with E-state index in [1.165, 1.54) is 50.9 Å². The van der Waals surface area contributed by atoms with E-state index in [-0.39, 0.29) is 16.7 Å². The molecule has 2 fully saturated rings. The number of hydrogen-bond acceptors (Lipinski definition) is 4. The Hall–Kier alpha value is -1.44. The Kier molecular flexibility index (Phi) is 7.12. The average Bonchev–Trinajstić information content (AvgIpc) is 2.70. The number of sulfonamides is 1. The molecule has 2 saturated heterocycles. The van der Waals surface area contributed by atoms with Gasteiger partial charge in [0.05, 0.1) is 4.90 Å². The number of nitrogens with one attached hydrogen (secondary N) is 2. The van der Waals surface area contributed by atoms with Crippen molar-refractivity contribution in [3.8, 4) is 0 Å². The van der Waals surface area contributed by atoms with Crippen molar-refractivity contribution in [1.82, 2.24) is 14.9 Å². The molecule has 2 heterocycles. The third-order valence-corrected chi connectivity index (χ3v) is 7.51. The fourth-order valence-corrected chi connectivity index (χ4v) is 5.85. The molecule has 156 valence electrons. The minimum atomic E-state index is -3.73. The van der Waals surface area contributed by atoms with Gasteiger partial charge in [-0.05, 0) is 62.7 Å². The molecular formula is C21H33N3O3S. The number of amides is 1. The van der Waals surface area contributed by atoms with Crippen LogP contribution in [-0.2, 0) is 14.8 Å². The van der Waals surface area contributed by atoms with Crippen LogP contribution >= 0.6 is 0 Å². The first kappa shape index (κ1) is 21.3. The molecule has 2 aliphatic rings. The third-order valence-electron chi connectivity index (χ3n) is 6.05. The number of carbonyl (C=O) groups is 1. The highest BCUT2D eigenvalue weighted by atomic mass is 32.2. The van der Waals surface area contributed by atoms with E-state index in [0.717, 1.165) is 6.42 Å². The third kappa shape index (κ3) is 5.13. The zero-order chi connectivity index (χ0) is 20.1. The van der Waals surface area contributed by atoms with Gasteiger partial charge in [0.2, 0.25) is 15.9 Å². The van der Waals surface area contributed by atoms with Gasteiger partial charge in [0.15, 0.2) is 0 Å². The van der Waals surface area contributed by atoms with Gasteiger partial charge in [-0.25, -0.2) is 8.42 Å². The van der Waals surface area contributed by atoms with Crippen molar-refractivity contribution in [3.63, 3.8) is 0 Å². The van der Waals surface area contributed by atoms with Crippen LogP contribution in [0.4, 0.5) is 0 Å². The van der Waals surface area contributed by atoms with E-state index in [0.29, 0.717) is 18.5 Å². The van der Waals surface area contributed by atoms with Crippen LogP contribution in [0.25, 0.3) is 0 Å². The van der Waals surface area contributed by atoms with Crippen molar-refractivity contribution in [2.45, 2.75) is 62.9 Å². The summed E-state index contributed by atoms with van der Waals surface area (Å²) < 4.78 is 27.9. The van der Waals surface area contributed by atoms with Crippen LogP contribution < -0.4 is 10.0 Å². The van der Waals surface area contributed by atoms with Gasteiger partial charge in [-0.1, -0.05) is 38.5 Å². The van der Waals surface area contributed by atoms with Crippen molar-refractivity contribution < 1.29 is 13.2 Å². The fraction of sp³-hybridized carbons (Fsp3) is 0.667. The number of benzene rings is 1. The maximum Gasteiger partial charge on any atom is 0.241 e. The van der Waals surface area contributed by atoms with Crippen LogP contribution in [0.1, 0.15) is 46.0 Å². The largest absolute Gasteiger partial charge is 0.354 e. The summed E-state index contributed by atoms with van der Waals surface area (Å²) in [7, 11) is -3.73. The molecule has 0 aliphatic carbocycles. The average molecular weight is 408 g/mol. The van der Waals surface area contributed by atoms with E-state index in [1.54, 1.807) is 18.2 Å². The molecule has 3 atom stereocenters. The van der Waals surface area contributed by atoms with E-state index >= 15 is 0 Å². The topological polar surface area (TPSA) is 78.5 Å². The van der Waals surface area contributed by atoms with Gasteiger partial charge in [0.1, 0.15) is 6.04 Å². The highest BCUT2D eigenvalue weighted by Gasteiger charge is 2.34. The maximum absolute atomic E-state index is 12.8. The van der Waals surface area contributed by atoms with Gasteiger partial charge in [-0.15, -0.1) is 0 Å². The van der Waals surface area contributed by atoms with Crippen molar-refractivity contribution in [3.05, 3.63) is 30.3 Å². The summed E-state index contributed by atoms with van der Waals surface area (Å²) in [5.74, 6) is 0.0787. The lowest BCUT2D eigenvalue weighted by Gasteiger charge is -2.44. The van der Waals surface area contributed by atoms with Gasteiger partial charge >= 0.3 is 0 Å². The van der Waals surface area contributed by atoms with Gasteiger partial charge in [-0.3, -0.25) is 4.79 Å². The highest BCUT2D eigenvalue weighted by molar-refractivity contribution is 7.89. The molecule has 1 amide bonds. The summed E-state index contributed by atoms with van der Waals surface area (Å²) >= 11 is 0. The van der Waals surface area contributed by atoms with Gasteiger partial charge < -0.3 is 10.2 Å². The van der Waals surface area contributed by atoms with Crippen molar-refractivity contribution in [1.29, 1.82) is 0 Å². The Balaban J connectivity index is 1.62. The quantitative estimate of drug-likeness (QED) is 0.727. The second-order valence-electron chi connectivity index (χ2n) is 8.40. The lowest BCUT2D eigenvalue weighted by Crippen LogP contribution is -2.54. The van der Waals surface area contributed by atoms with Crippen LogP contribution in [0.5, 0.6) is 0 Å². The first-order valence-corrected chi connectivity index (χ1v) is 12.0. The second-order valence-corrected chi connectivity index (χ2v) is 10.1. The molecule has 0 saturated carbocycles. The number of piperidine rings is 2. The Labute approximate surface area is 169 Å². The first-order valence-electron chi connectivity index (χ1n) is 10.5. The second kappa shape index (κ2) is 9.37. The molecule has 6 nitrogen and oxygen atoms in total. The number of nitrogens with zero attached hydrogens (tertiary/aromatic N) is 1. The van der Waals surface area contributed by atoms with E-state index in [4.69, 9.17) is 0 Å².